The standard InChI is InChI=1S/C15H20N4OS/c1-3-19(4-2)11-10-13-17-18-15(21-13)16-14(20)12-8-6-5-7-9-12/h5-9H,3-4,10-11H2,1-2H3,(H,16,18,20)/p+1. The zero-order valence-corrected chi connectivity index (χ0v) is 13.2. The number of aromatic nitrogens is 2. The van der Waals surface area contributed by atoms with Crippen molar-refractivity contribution < 1.29 is 9.69 Å². The molecule has 0 saturated heterocycles. The lowest BCUT2D eigenvalue weighted by Gasteiger charge is -2.13. The van der Waals surface area contributed by atoms with Crippen molar-refractivity contribution in [3.05, 3.63) is 40.9 Å². The molecule has 5 nitrogen and oxygen atoms in total. The minimum Gasteiger partial charge on any atom is -0.335 e. The van der Waals surface area contributed by atoms with E-state index in [9.17, 15) is 4.79 Å². The molecular formula is C15H21N4OS+. The average Bonchev–Trinajstić information content (AvgIpc) is 2.96. The number of carbonyl (C=O) groups is 1. The fraction of sp³-hybridized carbons (Fsp3) is 0.400. The second kappa shape index (κ2) is 7.85. The van der Waals surface area contributed by atoms with Gasteiger partial charge in [-0.25, -0.2) is 0 Å². The van der Waals surface area contributed by atoms with E-state index in [1.807, 2.05) is 18.2 Å². The molecule has 112 valence electrons. The summed E-state index contributed by atoms with van der Waals surface area (Å²) in [7, 11) is 0. The average molecular weight is 305 g/mol. The zero-order chi connectivity index (χ0) is 15.1. The Hall–Kier alpha value is -1.79. The van der Waals surface area contributed by atoms with Crippen molar-refractivity contribution >= 4 is 22.4 Å². The number of hydrogen-bond donors (Lipinski definition) is 2. The highest BCUT2D eigenvalue weighted by atomic mass is 32.1. The first-order chi connectivity index (χ1) is 10.2. The van der Waals surface area contributed by atoms with Gasteiger partial charge in [0.25, 0.3) is 5.91 Å². The molecule has 21 heavy (non-hydrogen) atoms. The van der Waals surface area contributed by atoms with Crippen LogP contribution >= 0.6 is 11.3 Å². The molecule has 0 radical (unpaired) electrons. The first-order valence-corrected chi connectivity index (χ1v) is 8.07. The van der Waals surface area contributed by atoms with E-state index in [0.717, 1.165) is 31.1 Å². The lowest BCUT2D eigenvalue weighted by Crippen LogP contribution is -3.11. The Morgan fingerprint density at radius 3 is 2.57 bits per heavy atom. The number of quaternary nitrogens is 1. The van der Waals surface area contributed by atoms with Gasteiger partial charge in [-0.15, -0.1) is 10.2 Å². The maximum absolute atomic E-state index is 12.0. The summed E-state index contributed by atoms with van der Waals surface area (Å²) in [6.07, 6.45) is 0.899. The monoisotopic (exact) mass is 305 g/mol. The van der Waals surface area contributed by atoms with Gasteiger partial charge < -0.3 is 4.90 Å². The second-order valence-corrected chi connectivity index (χ2v) is 5.84. The molecule has 1 aromatic heterocycles. The molecule has 1 amide bonds. The molecule has 0 aliphatic carbocycles. The number of rotatable bonds is 7. The highest BCUT2D eigenvalue weighted by molar-refractivity contribution is 7.15. The van der Waals surface area contributed by atoms with Gasteiger partial charge in [0.1, 0.15) is 5.01 Å². The molecule has 1 heterocycles. The molecule has 1 aromatic carbocycles. The number of anilines is 1. The zero-order valence-electron chi connectivity index (χ0n) is 12.4. The minimum absolute atomic E-state index is 0.146. The molecule has 0 aliphatic rings. The molecule has 6 heteroatoms. The minimum atomic E-state index is -0.146. The van der Waals surface area contributed by atoms with Crippen LogP contribution in [0.2, 0.25) is 0 Å². The Bertz CT molecular complexity index is 566. The smallest absolute Gasteiger partial charge is 0.257 e. The van der Waals surface area contributed by atoms with Gasteiger partial charge in [0.15, 0.2) is 0 Å². The Morgan fingerprint density at radius 1 is 1.19 bits per heavy atom. The Labute approximate surface area is 129 Å². The van der Waals surface area contributed by atoms with Gasteiger partial charge in [0.2, 0.25) is 5.13 Å². The highest BCUT2D eigenvalue weighted by Gasteiger charge is 2.11. The quantitative estimate of drug-likeness (QED) is 0.809. The fourth-order valence-corrected chi connectivity index (χ4v) is 2.79. The molecule has 0 saturated carbocycles. The second-order valence-electron chi connectivity index (χ2n) is 4.78. The van der Waals surface area contributed by atoms with Crippen molar-refractivity contribution in [1.82, 2.24) is 10.2 Å². The maximum atomic E-state index is 12.0. The fourth-order valence-electron chi connectivity index (χ4n) is 2.05. The first-order valence-electron chi connectivity index (χ1n) is 7.25. The van der Waals surface area contributed by atoms with Crippen LogP contribution in [0.15, 0.2) is 30.3 Å². The maximum Gasteiger partial charge on any atom is 0.257 e. The normalized spacial score (nSPS) is 10.8. The highest BCUT2D eigenvalue weighted by Crippen LogP contribution is 2.16. The molecule has 0 fully saturated rings. The van der Waals surface area contributed by atoms with Gasteiger partial charge in [-0.05, 0) is 26.0 Å². The van der Waals surface area contributed by atoms with Gasteiger partial charge in [0.05, 0.1) is 26.1 Å². The van der Waals surface area contributed by atoms with Crippen LogP contribution in [0.4, 0.5) is 5.13 Å². The predicted molar refractivity (Wildman–Crippen MR) is 84.9 cm³/mol. The topological polar surface area (TPSA) is 59.3 Å². The van der Waals surface area contributed by atoms with Crippen molar-refractivity contribution in [2.45, 2.75) is 20.3 Å². The van der Waals surface area contributed by atoms with Crippen molar-refractivity contribution in [1.29, 1.82) is 0 Å². The van der Waals surface area contributed by atoms with Gasteiger partial charge in [0, 0.05) is 5.56 Å². The van der Waals surface area contributed by atoms with E-state index in [0.29, 0.717) is 10.7 Å². The Kier molecular flexibility index (Phi) is 5.83. The Morgan fingerprint density at radius 2 is 1.90 bits per heavy atom. The van der Waals surface area contributed by atoms with Gasteiger partial charge in [-0.2, -0.15) is 0 Å². The lowest BCUT2D eigenvalue weighted by atomic mass is 10.2. The van der Waals surface area contributed by atoms with E-state index >= 15 is 0 Å². The van der Waals surface area contributed by atoms with E-state index in [-0.39, 0.29) is 5.91 Å². The molecule has 0 spiro atoms. The molecule has 0 aliphatic heterocycles. The van der Waals surface area contributed by atoms with E-state index in [1.165, 1.54) is 11.3 Å². The van der Waals surface area contributed by atoms with E-state index in [1.54, 1.807) is 17.0 Å². The predicted octanol–water partition coefficient (Wildman–Crippen LogP) is 1.26. The van der Waals surface area contributed by atoms with Crippen molar-refractivity contribution in [2.75, 3.05) is 25.0 Å². The van der Waals surface area contributed by atoms with E-state index in [4.69, 9.17) is 0 Å². The molecule has 2 N–H and O–H groups in total. The molecule has 0 bridgehead atoms. The number of amides is 1. The third kappa shape index (κ3) is 4.61. The van der Waals surface area contributed by atoms with Crippen molar-refractivity contribution in [2.24, 2.45) is 0 Å². The molecule has 2 rings (SSSR count). The van der Waals surface area contributed by atoms with Gasteiger partial charge >= 0.3 is 0 Å². The molecule has 2 aromatic rings. The van der Waals surface area contributed by atoms with Crippen LogP contribution < -0.4 is 10.2 Å². The van der Waals surface area contributed by atoms with E-state index in [2.05, 4.69) is 29.4 Å². The van der Waals surface area contributed by atoms with Crippen LogP contribution in [-0.2, 0) is 6.42 Å². The summed E-state index contributed by atoms with van der Waals surface area (Å²) in [6, 6.07) is 9.12. The van der Waals surface area contributed by atoms with E-state index < -0.39 is 0 Å². The van der Waals surface area contributed by atoms with Crippen LogP contribution in [0.1, 0.15) is 29.2 Å². The summed E-state index contributed by atoms with van der Waals surface area (Å²) < 4.78 is 0. The van der Waals surface area contributed by atoms with Crippen LogP contribution in [0.5, 0.6) is 0 Å². The number of hydrogen-bond acceptors (Lipinski definition) is 4. The van der Waals surface area contributed by atoms with Crippen LogP contribution in [0.25, 0.3) is 0 Å². The van der Waals surface area contributed by atoms with Crippen molar-refractivity contribution in [3.63, 3.8) is 0 Å². The van der Waals surface area contributed by atoms with Crippen LogP contribution in [-0.4, -0.2) is 35.7 Å². The van der Waals surface area contributed by atoms with Gasteiger partial charge in [-0.1, -0.05) is 29.5 Å². The summed E-state index contributed by atoms with van der Waals surface area (Å²) >= 11 is 1.45. The number of nitrogens with zero attached hydrogens (tertiary/aromatic N) is 2. The molecular weight excluding hydrogens is 284 g/mol. The third-order valence-corrected chi connectivity index (χ3v) is 4.31. The lowest BCUT2D eigenvalue weighted by molar-refractivity contribution is -0.896. The summed E-state index contributed by atoms with van der Waals surface area (Å²) in [5.41, 5.74) is 0.627. The SMILES string of the molecule is CC[NH+](CC)CCc1nnc(NC(=O)c2ccccc2)s1. The summed E-state index contributed by atoms with van der Waals surface area (Å²) in [5, 5.41) is 12.5. The molecule has 0 unspecified atom stereocenters. The summed E-state index contributed by atoms with van der Waals surface area (Å²) in [5.74, 6) is -0.146. The Balaban J connectivity index is 1.90. The summed E-state index contributed by atoms with van der Waals surface area (Å²) in [4.78, 5) is 13.5. The number of carbonyl (C=O) groups excluding carboxylic acids is 1. The number of likely N-dealkylation sites (N-methyl/N-ethyl adjacent to an activating group) is 1. The number of benzene rings is 1. The summed E-state index contributed by atoms with van der Waals surface area (Å²) in [6.45, 7) is 7.66. The molecule has 0 atom stereocenters. The van der Waals surface area contributed by atoms with Crippen molar-refractivity contribution in [3.8, 4) is 0 Å². The first kappa shape index (κ1) is 15.6. The third-order valence-electron chi connectivity index (χ3n) is 3.42. The largest absolute Gasteiger partial charge is 0.335 e. The van der Waals surface area contributed by atoms with Crippen LogP contribution in [0, 0.1) is 0 Å². The number of nitrogens with one attached hydrogen (secondary N) is 2. The van der Waals surface area contributed by atoms with Crippen LogP contribution in [0.3, 0.4) is 0 Å². The van der Waals surface area contributed by atoms with Gasteiger partial charge in [-0.3, -0.25) is 10.1 Å².